The van der Waals surface area contributed by atoms with Gasteiger partial charge in [-0.2, -0.15) is 0 Å². The van der Waals surface area contributed by atoms with Crippen molar-refractivity contribution in [2.45, 2.75) is 37.4 Å². The van der Waals surface area contributed by atoms with Gasteiger partial charge in [-0.25, -0.2) is 9.78 Å². The number of nitro groups is 1. The summed E-state index contributed by atoms with van der Waals surface area (Å²) in [6, 6.07) is 5.57. The number of nitrogens with zero attached hydrogens (tertiary/aromatic N) is 4. The van der Waals surface area contributed by atoms with Crippen LogP contribution in [0.4, 0.5) is 5.69 Å². The molecule has 35 heavy (non-hydrogen) atoms. The van der Waals surface area contributed by atoms with Gasteiger partial charge in [0, 0.05) is 23.1 Å². The lowest BCUT2D eigenvalue weighted by Gasteiger charge is -2.51. The van der Waals surface area contributed by atoms with Crippen molar-refractivity contribution >= 4 is 51.1 Å². The number of imidazole rings is 1. The fourth-order valence-corrected chi connectivity index (χ4v) is 7.74. The zero-order valence-electron chi connectivity index (χ0n) is 19.0. The van der Waals surface area contributed by atoms with Gasteiger partial charge in [0.2, 0.25) is 5.91 Å². The first kappa shape index (κ1) is 23.5. The lowest BCUT2D eigenvalue weighted by atomic mass is 9.64. The van der Waals surface area contributed by atoms with Gasteiger partial charge in [-0.05, 0) is 25.2 Å². The molecule has 0 unspecified atom stereocenters. The fourth-order valence-electron chi connectivity index (χ4n) is 5.50. The topological polar surface area (TPSA) is 138 Å². The summed E-state index contributed by atoms with van der Waals surface area (Å²) in [5, 5.41) is 32.7. The van der Waals surface area contributed by atoms with Crippen LogP contribution in [0, 0.1) is 21.4 Å². The molecule has 10 nitrogen and oxygen atoms in total. The van der Waals surface area contributed by atoms with Gasteiger partial charge in [0.05, 0.1) is 39.1 Å². The number of thiazole rings is 1. The molecule has 0 saturated carbocycles. The Morgan fingerprint density at radius 2 is 2.06 bits per heavy atom. The summed E-state index contributed by atoms with van der Waals surface area (Å²) in [5.74, 6) is -2.38. The number of amides is 1. The van der Waals surface area contributed by atoms with Gasteiger partial charge in [0.15, 0.2) is 0 Å². The Bertz CT molecular complexity index is 1410. The summed E-state index contributed by atoms with van der Waals surface area (Å²) in [5.41, 5.74) is 0.304. The highest BCUT2D eigenvalue weighted by atomic mass is 32.2. The highest BCUT2D eigenvalue weighted by Gasteiger charge is 2.66. The average molecular weight is 515 g/mol. The lowest BCUT2D eigenvalue weighted by molar-refractivity contribution is -0.384. The number of carboxylic acid groups (broad SMARTS) is 1. The predicted molar refractivity (Wildman–Crippen MR) is 130 cm³/mol. The summed E-state index contributed by atoms with van der Waals surface area (Å²) < 4.78 is 1.90. The summed E-state index contributed by atoms with van der Waals surface area (Å²) >= 11 is 2.86. The van der Waals surface area contributed by atoms with E-state index in [2.05, 4.69) is 4.98 Å². The number of aliphatic hydroxyl groups excluding tert-OH is 1. The average Bonchev–Trinajstić information content (AvgIpc) is 3.42. The van der Waals surface area contributed by atoms with Gasteiger partial charge in [-0.3, -0.25) is 19.3 Å². The number of fused-ring (bicyclic) bond motifs is 2. The Labute approximate surface area is 208 Å². The minimum Gasteiger partial charge on any atom is -0.477 e. The molecule has 5 rings (SSSR count). The number of nitro benzene ring substituents is 1. The molecule has 1 fully saturated rings. The number of hydrogen-bond donors (Lipinski definition) is 2. The molecular formula is C23H22N4O6S2. The molecule has 0 aliphatic carbocycles. The molecule has 4 heterocycles. The molecule has 2 N–H and O–H groups in total. The normalized spacial score (nSPS) is 24.6. The maximum atomic E-state index is 13.1. The van der Waals surface area contributed by atoms with E-state index in [0.29, 0.717) is 12.0 Å². The molecule has 0 radical (unpaired) electrons. The number of carbonyl (C=O) groups is 2. The maximum Gasteiger partial charge on any atom is 0.352 e. The summed E-state index contributed by atoms with van der Waals surface area (Å²) in [6.07, 6.45) is 4.64. The molecule has 2 aliphatic heterocycles. The van der Waals surface area contributed by atoms with Crippen LogP contribution >= 0.6 is 23.1 Å². The molecular weight excluding hydrogens is 492 g/mol. The lowest BCUT2D eigenvalue weighted by Crippen LogP contribution is -2.66. The van der Waals surface area contributed by atoms with Gasteiger partial charge in [0.1, 0.15) is 16.9 Å². The van der Waals surface area contributed by atoms with Crippen LogP contribution < -0.4 is 0 Å². The number of aliphatic carboxylic acids is 1. The number of rotatable bonds is 7. The molecule has 182 valence electrons. The standard InChI is InChI=1S/C23H22N4O6S2/c1-11(28)15-19-23(2,8-12-4-6-13(7-5-12)27(32)33)16(17(22(30)31)26(19)20(15)29)18-21(34-3)25-10-24-9-14(25)35-18/h4-7,9-11,15,19,28H,8H2,1-3H3,(H,30,31)/t11-,15-,19-,23+/m1/s1. The molecule has 0 bridgehead atoms. The number of aliphatic hydroxyl groups is 1. The molecule has 12 heteroatoms. The van der Waals surface area contributed by atoms with Crippen LogP contribution in [0.15, 0.2) is 47.5 Å². The number of non-ortho nitro benzene ring substituents is 1. The van der Waals surface area contributed by atoms with Crippen molar-refractivity contribution in [3.63, 3.8) is 0 Å². The van der Waals surface area contributed by atoms with Crippen LogP contribution in [-0.4, -0.2) is 59.7 Å². The number of β-lactam (4-membered cyclic amide) rings is 1. The second kappa shape index (κ2) is 8.18. The Morgan fingerprint density at radius 3 is 2.63 bits per heavy atom. The zero-order valence-corrected chi connectivity index (χ0v) is 20.7. The van der Waals surface area contributed by atoms with Crippen molar-refractivity contribution in [2.24, 2.45) is 11.3 Å². The summed E-state index contributed by atoms with van der Waals surface area (Å²) in [7, 11) is 0. The van der Waals surface area contributed by atoms with E-state index in [1.165, 1.54) is 40.1 Å². The zero-order chi connectivity index (χ0) is 25.2. The maximum absolute atomic E-state index is 13.1. The van der Waals surface area contributed by atoms with E-state index < -0.39 is 40.3 Å². The number of benzene rings is 1. The Hall–Kier alpha value is -3.22. The molecule has 2 aromatic heterocycles. The van der Waals surface area contributed by atoms with E-state index in [1.54, 1.807) is 31.6 Å². The highest BCUT2D eigenvalue weighted by Crippen LogP contribution is 2.60. The van der Waals surface area contributed by atoms with Crippen LogP contribution in [0.3, 0.4) is 0 Å². The van der Waals surface area contributed by atoms with E-state index in [9.17, 15) is 29.9 Å². The SMILES string of the molecule is CSc1c(C2=C(C(=O)O)N3C(=O)[C@H]([C@@H](C)O)[C@@H]3[C@@]2(C)Cc2ccc([N+](=O)[O-])cc2)sc2cncn12. The van der Waals surface area contributed by atoms with E-state index in [1.807, 2.05) is 17.6 Å². The van der Waals surface area contributed by atoms with Crippen molar-refractivity contribution in [3.8, 4) is 0 Å². The Balaban J connectivity index is 1.73. The van der Waals surface area contributed by atoms with Crippen molar-refractivity contribution in [1.29, 1.82) is 0 Å². The second-order valence-corrected chi connectivity index (χ2v) is 10.8. The third-order valence-electron chi connectivity index (χ3n) is 6.93. The molecule has 0 spiro atoms. The molecule has 3 aromatic rings. The number of carbonyl (C=O) groups excluding carboxylic acids is 1. The van der Waals surface area contributed by atoms with Crippen molar-refractivity contribution in [3.05, 3.63) is 63.0 Å². The first-order valence-corrected chi connectivity index (χ1v) is 12.9. The number of hydrogen-bond acceptors (Lipinski definition) is 8. The molecule has 1 saturated heterocycles. The number of carboxylic acids is 1. The molecule has 4 atom stereocenters. The molecule has 1 aromatic carbocycles. The van der Waals surface area contributed by atoms with E-state index in [0.717, 1.165) is 20.3 Å². The van der Waals surface area contributed by atoms with E-state index >= 15 is 0 Å². The Morgan fingerprint density at radius 1 is 1.37 bits per heavy atom. The number of aromatic nitrogens is 2. The van der Waals surface area contributed by atoms with Gasteiger partial charge >= 0.3 is 5.97 Å². The monoisotopic (exact) mass is 514 g/mol. The van der Waals surface area contributed by atoms with Crippen LogP contribution in [0.5, 0.6) is 0 Å². The van der Waals surface area contributed by atoms with Crippen LogP contribution in [-0.2, 0) is 16.0 Å². The minimum atomic E-state index is -1.21. The molecule has 1 amide bonds. The van der Waals surface area contributed by atoms with Gasteiger partial charge in [0.25, 0.3) is 5.69 Å². The van der Waals surface area contributed by atoms with Gasteiger partial charge < -0.3 is 15.1 Å². The fraction of sp³-hybridized carbons (Fsp3) is 0.348. The third-order valence-corrected chi connectivity index (χ3v) is 8.96. The van der Waals surface area contributed by atoms with Gasteiger partial charge in [-0.15, -0.1) is 23.1 Å². The quantitative estimate of drug-likeness (QED) is 0.212. The van der Waals surface area contributed by atoms with E-state index in [-0.39, 0.29) is 11.4 Å². The van der Waals surface area contributed by atoms with Crippen molar-refractivity contribution < 1.29 is 24.7 Å². The minimum absolute atomic E-state index is 0.0415. The first-order valence-electron chi connectivity index (χ1n) is 10.8. The first-order chi connectivity index (χ1) is 16.6. The van der Waals surface area contributed by atoms with Crippen LogP contribution in [0.25, 0.3) is 10.4 Å². The second-order valence-electron chi connectivity index (χ2n) is 9.01. The Kier molecular flexibility index (Phi) is 5.49. The van der Waals surface area contributed by atoms with Crippen molar-refractivity contribution in [1.82, 2.24) is 14.3 Å². The van der Waals surface area contributed by atoms with Crippen LogP contribution in [0.2, 0.25) is 0 Å². The number of thioether (sulfide) groups is 1. The van der Waals surface area contributed by atoms with Crippen LogP contribution in [0.1, 0.15) is 24.3 Å². The smallest absolute Gasteiger partial charge is 0.352 e. The third kappa shape index (κ3) is 3.31. The highest BCUT2D eigenvalue weighted by molar-refractivity contribution is 7.98. The van der Waals surface area contributed by atoms with Gasteiger partial charge in [-0.1, -0.05) is 19.1 Å². The summed E-state index contributed by atoms with van der Waals surface area (Å²) in [6.45, 7) is 3.45. The predicted octanol–water partition coefficient (Wildman–Crippen LogP) is 3.29. The molecule has 2 aliphatic rings. The largest absolute Gasteiger partial charge is 0.477 e. The van der Waals surface area contributed by atoms with E-state index in [4.69, 9.17) is 0 Å². The van der Waals surface area contributed by atoms with Crippen molar-refractivity contribution in [2.75, 3.05) is 6.26 Å². The summed E-state index contributed by atoms with van der Waals surface area (Å²) in [4.78, 5) is 43.4.